The monoisotopic (exact) mass is 273 g/mol. The van der Waals surface area contributed by atoms with Gasteiger partial charge in [0.05, 0.1) is 13.2 Å². The maximum atomic E-state index is 8.78. The first kappa shape index (κ1) is 16.2. The summed E-state index contributed by atoms with van der Waals surface area (Å²) in [5.74, 6) is 0.357. The summed E-state index contributed by atoms with van der Waals surface area (Å²) in [5.41, 5.74) is 5.59. The molecule has 6 nitrogen and oxygen atoms in total. The highest BCUT2D eigenvalue weighted by Gasteiger charge is 2.33. The fourth-order valence-electron chi connectivity index (χ4n) is 2.28. The molecule has 0 aromatic rings. The molecule has 0 bridgehead atoms. The standard InChI is InChI=1S/C13H27N3O3/c1-13(12(14)15-17)4-7-16(8-5-13)6-3-9-19-11-10-18-2/h17H,3-11H2,1-2H3,(H2,14,15). The van der Waals surface area contributed by atoms with Crippen molar-refractivity contribution in [1.82, 2.24) is 4.90 Å². The second kappa shape index (κ2) is 8.35. The summed E-state index contributed by atoms with van der Waals surface area (Å²) in [5, 5.41) is 11.9. The van der Waals surface area contributed by atoms with E-state index >= 15 is 0 Å². The van der Waals surface area contributed by atoms with E-state index in [1.165, 1.54) is 0 Å². The molecular weight excluding hydrogens is 246 g/mol. The Morgan fingerprint density at radius 2 is 2.00 bits per heavy atom. The van der Waals surface area contributed by atoms with Crippen LogP contribution in [0.1, 0.15) is 26.2 Å². The van der Waals surface area contributed by atoms with Crippen molar-refractivity contribution < 1.29 is 14.7 Å². The first-order chi connectivity index (χ1) is 9.12. The summed E-state index contributed by atoms with van der Waals surface area (Å²) < 4.78 is 10.4. The highest BCUT2D eigenvalue weighted by molar-refractivity contribution is 5.85. The summed E-state index contributed by atoms with van der Waals surface area (Å²) in [6, 6.07) is 0. The molecule has 1 rings (SSSR count). The quantitative estimate of drug-likeness (QED) is 0.226. The van der Waals surface area contributed by atoms with E-state index in [1.807, 2.05) is 0 Å². The number of likely N-dealkylation sites (tertiary alicyclic amines) is 1. The second-order valence-corrected chi connectivity index (χ2v) is 5.35. The van der Waals surface area contributed by atoms with Crippen molar-refractivity contribution in [3.63, 3.8) is 0 Å². The summed E-state index contributed by atoms with van der Waals surface area (Å²) in [4.78, 5) is 2.41. The number of amidine groups is 1. The zero-order chi connectivity index (χ0) is 14.1. The highest BCUT2D eigenvalue weighted by atomic mass is 16.5. The van der Waals surface area contributed by atoms with Gasteiger partial charge in [-0.25, -0.2) is 0 Å². The number of hydrogen-bond acceptors (Lipinski definition) is 5. The first-order valence-corrected chi connectivity index (χ1v) is 6.89. The third-order valence-electron chi connectivity index (χ3n) is 3.88. The van der Waals surface area contributed by atoms with Crippen LogP contribution in [0.2, 0.25) is 0 Å². The Labute approximate surface area is 115 Å². The van der Waals surface area contributed by atoms with E-state index < -0.39 is 0 Å². The van der Waals surface area contributed by atoms with Crippen LogP contribution in [0.5, 0.6) is 0 Å². The largest absolute Gasteiger partial charge is 0.409 e. The van der Waals surface area contributed by atoms with Crippen LogP contribution in [-0.2, 0) is 9.47 Å². The van der Waals surface area contributed by atoms with Gasteiger partial charge < -0.3 is 25.3 Å². The van der Waals surface area contributed by atoms with Gasteiger partial charge in [0.15, 0.2) is 0 Å². The Bertz CT molecular complexity index is 276. The number of rotatable bonds is 8. The molecule has 0 spiro atoms. The van der Waals surface area contributed by atoms with Crippen molar-refractivity contribution in [1.29, 1.82) is 0 Å². The first-order valence-electron chi connectivity index (χ1n) is 6.89. The van der Waals surface area contributed by atoms with Crippen molar-refractivity contribution in [2.75, 3.05) is 46.6 Å². The van der Waals surface area contributed by atoms with Gasteiger partial charge in [-0.3, -0.25) is 0 Å². The second-order valence-electron chi connectivity index (χ2n) is 5.35. The zero-order valence-electron chi connectivity index (χ0n) is 12.1. The normalized spacial score (nSPS) is 20.6. The summed E-state index contributed by atoms with van der Waals surface area (Å²) in [6.07, 6.45) is 2.91. The predicted octanol–water partition coefficient (Wildman–Crippen LogP) is 0.888. The zero-order valence-corrected chi connectivity index (χ0v) is 12.1. The Morgan fingerprint density at radius 3 is 2.58 bits per heavy atom. The van der Waals surface area contributed by atoms with Gasteiger partial charge in [-0.2, -0.15) is 0 Å². The Kier molecular flexibility index (Phi) is 7.12. The molecule has 0 aliphatic carbocycles. The average Bonchev–Trinajstić information content (AvgIpc) is 2.44. The van der Waals surface area contributed by atoms with Crippen LogP contribution in [0, 0.1) is 5.41 Å². The minimum absolute atomic E-state index is 0.153. The van der Waals surface area contributed by atoms with Crippen LogP contribution in [0.3, 0.4) is 0 Å². The molecule has 1 aliphatic rings. The van der Waals surface area contributed by atoms with Gasteiger partial charge in [0.25, 0.3) is 0 Å². The lowest BCUT2D eigenvalue weighted by atomic mass is 9.79. The Balaban J connectivity index is 2.13. The number of piperidine rings is 1. The number of nitrogens with zero attached hydrogens (tertiary/aromatic N) is 2. The molecule has 112 valence electrons. The lowest BCUT2D eigenvalue weighted by molar-refractivity contribution is 0.0621. The SMILES string of the molecule is COCCOCCCN1CCC(C)(C(N)=NO)CC1. The van der Waals surface area contributed by atoms with Crippen molar-refractivity contribution in [3.8, 4) is 0 Å². The Morgan fingerprint density at radius 1 is 1.32 bits per heavy atom. The van der Waals surface area contributed by atoms with Gasteiger partial charge in [0.1, 0.15) is 5.84 Å². The lowest BCUT2D eigenvalue weighted by Crippen LogP contribution is -2.45. The van der Waals surface area contributed by atoms with Crippen LogP contribution < -0.4 is 5.73 Å². The summed E-state index contributed by atoms with van der Waals surface area (Å²) in [6.45, 7) is 7.18. The number of nitrogens with two attached hydrogens (primary N) is 1. The average molecular weight is 273 g/mol. The van der Waals surface area contributed by atoms with Gasteiger partial charge in [0, 0.05) is 25.7 Å². The third-order valence-corrected chi connectivity index (χ3v) is 3.88. The number of ether oxygens (including phenoxy) is 2. The van der Waals surface area contributed by atoms with Crippen molar-refractivity contribution in [2.24, 2.45) is 16.3 Å². The molecule has 0 atom stereocenters. The molecule has 19 heavy (non-hydrogen) atoms. The third kappa shape index (κ3) is 5.34. The van der Waals surface area contributed by atoms with E-state index in [4.69, 9.17) is 20.4 Å². The maximum Gasteiger partial charge on any atom is 0.145 e. The molecule has 0 radical (unpaired) electrons. The summed E-state index contributed by atoms with van der Waals surface area (Å²) >= 11 is 0. The van der Waals surface area contributed by atoms with Gasteiger partial charge in [-0.05, 0) is 32.4 Å². The predicted molar refractivity (Wildman–Crippen MR) is 74.5 cm³/mol. The molecule has 0 aromatic carbocycles. The lowest BCUT2D eigenvalue weighted by Gasteiger charge is -2.38. The van der Waals surface area contributed by atoms with Gasteiger partial charge in [0.2, 0.25) is 0 Å². The molecule has 0 aromatic heterocycles. The van der Waals surface area contributed by atoms with E-state index in [0.717, 1.165) is 45.5 Å². The van der Waals surface area contributed by atoms with Crippen LogP contribution in [0.15, 0.2) is 5.16 Å². The van der Waals surface area contributed by atoms with Crippen LogP contribution in [0.4, 0.5) is 0 Å². The van der Waals surface area contributed by atoms with E-state index in [0.29, 0.717) is 19.0 Å². The molecule has 0 amide bonds. The van der Waals surface area contributed by atoms with E-state index in [2.05, 4.69) is 17.0 Å². The fourth-order valence-corrected chi connectivity index (χ4v) is 2.28. The molecule has 1 saturated heterocycles. The van der Waals surface area contributed by atoms with E-state index in [-0.39, 0.29) is 5.41 Å². The molecule has 0 unspecified atom stereocenters. The number of methoxy groups -OCH3 is 1. The van der Waals surface area contributed by atoms with Gasteiger partial charge in [-0.15, -0.1) is 0 Å². The van der Waals surface area contributed by atoms with Crippen LogP contribution in [-0.4, -0.2) is 62.5 Å². The molecule has 0 saturated carbocycles. The smallest absolute Gasteiger partial charge is 0.145 e. The maximum absolute atomic E-state index is 8.78. The topological polar surface area (TPSA) is 80.3 Å². The summed E-state index contributed by atoms with van der Waals surface area (Å²) in [7, 11) is 1.68. The van der Waals surface area contributed by atoms with Gasteiger partial charge >= 0.3 is 0 Å². The van der Waals surface area contributed by atoms with Crippen LogP contribution >= 0.6 is 0 Å². The molecule has 1 aliphatic heterocycles. The van der Waals surface area contributed by atoms with Crippen molar-refractivity contribution >= 4 is 5.84 Å². The minimum Gasteiger partial charge on any atom is -0.409 e. The van der Waals surface area contributed by atoms with Gasteiger partial charge in [-0.1, -0.05) is 12.1 Å². The van der Waals surface area contributed by atoms with Crippen LogP contribution in [0.25, 0.3) is 0 Å². The van der Waals surface area contributed by atoms with Crippen molar-refractivity contribution in [3.05, 3.63) is 0 Å². The number of hydrogen-bond donors (Lipinski definition) is 2. The molecule has 6 heteroatoms. The molecule has 3 N–H and O–H groups in total. The molecular formula is C13H27N3O3. The Hall–Kier alpha value is -0.850. The minimum atomic E-state index is -0.153. The molecule has 1 heterocycles. The van der Waals surface area contributed by atoms with E-state index in [1.54, 1.807) is 7.11 Å². The van der Waals surface area contributed by atoms with E-state index in [9.17, 15) is 0 Å². The highest BCUT2D eigenvalue weighted by Crippen LogP contribution is 2.30. The molecule has 1 fully saturated rings. The number of oxime groups is 1. The van der Waals surface area contributed by atoms with Crippen molar-refractivity contribution in [2.45, 2.75) is 26.2 Å². The fraction of sp³-hybridized carbons (Fsp3) is 0.923.